The highest BCUT2D eigenvalue weighted by molar-refractivity contribution is 6.30. The first-order valence-electron chi connectivity index (χ1n) is 4.49. The number of halogens is 1. The minimum atomic E-state index is -0.401. The smallest absolute Gasteiger partial charge is 0.123 e. The average molecular weight is 214 g/mol. The number of rotatable bonds is 2. The van der Waals surface area contributed by atoms with Crippen LogP contribution in [0.15, 0.2) is 12.1 Å². The average Bonchev–Trinajstić information content (AvgIpc) is 2.06. The van der Waals surface area contributed by atoms with Crippen molar-refractivity contribution in [3.8, 4) is 5.75 Å². The summed E-state index contributed by atoms with van der Waals surface area (Å²) in [5.74, 6) is 0.783. The Morgan fingerprint density at radius 1 is 1.36 bits per heavy atom. The number of nitrogens with two attached hydrogens (primary N) is 1. The summed E-state index contributed by atoms with van der Waals surface area (Å²) in [4.78, 5) is 0. The molecule has 0 aliphatic carbocycles. The highest BCUT2D eigenvalue weighted by atomic mass is 35.5. The van der Waals surface area contributed by atoms with Crippen molar-refractivity contribution in [2.24, 2.45) is 5.73 Å². The van der Waals surface area contributed by atoms with Crippen LogP contribution < -0.4 is 10.5 Å². The Kier molecular flexibility index (Phi) is 3.07. The van der Waals surface area contributed by atoms with Crippen molar-refractivity contribution in [2.75, 3.05) is 7.11 Å². The highest BCUT2D eigenvalue weighted by Gasteiger charge is 2.19. The van der Waals surface area contributed by atoms with Gasteiger partial charge in [-0.05, 0) is 44.0 Å². The lowest BCUT2D eigenvalue weighted by Gasteiger charge is -2.23. The van der Waals surface area contributed by atoms with Gasteiger partial charge in [0.15, 0.2) is 0 Å². The van der Waals surface area contributed by atoms with Gasteiger partial charge in [0.25, 0.3) is 0 Å². The molecule has 0 aromatic heterocycles. The van der Waals surface area contributed by atoms with E-state index in [-0.39, 0.29) is 0 Å². The quantitative estimate of drug-likeness (QED) is 0.820. The minimum absolute atomic E-state index is 0.401. The van der Waals surface area contributed by atoms with E-state index in [4.69, 9.17) is 22.1 Å². The summed E-state index contributed by atoms with van der Waals surface area (Å²) in [7, 11) is 1.63. The molecule has 0 aliphatic rings. The lowest BCUT2D eigenvalue weighted by molar-refractivity contribution is 0.408. The Balaban J connectivity index is 3.37. The molecule has 78 valence electrons. The molecule has 0 radical (unpaired) electrons. The van der Waals surface area contributed by atoms with Crippen molar-refractivity contribution >= 4 is 11.6 Å². The van der Waals surface area contributed by atoms with Crippen molar-refractivity contribution in [2.45, 2.75) is 26.3 Å². The Bertz CT molecular complexity index is 342. The maximum Gasteiger partial charge on any atom is 0.123 e. The van der Waals surface area contributed by atoms with Crippen LogP contribution in [0, 0.1) is 6.92 Å². The molecule has 0 heterocycles. The van der Waals surface area contributed by atoms with E-state index in [1.807, 2.05) is 26.8 Å². The van der Waals surface area contributed by atoms with Crippen molar-refractivity contribution in [3.63, 3.8) is 0 Å². The first kappa shape index (κ1) is 11.3. The van der Waals surface area contributed by atoms with E-state index in [1.54, 1.807) is 13.2 Å². The molecule has 14 heavy (non-hydrogen) atoms. The van der Waals surface area contributed by atoms with Crippen LogP contribution in [0.1, 0.15) is 25.0 Å². The first-order chi connectivity index (χ1) is 6.36. The van der Waals surface area contributed by atoms with Gasteiger partial charge in [0, 0.05) is 10.6 Å². The zero-order valence-electron chi connectivity index (χ0n) is 9.02. The van der Waals surface area contributed by atoms with Crippen LogP contribution in [0.4, 0.5) is 0 Å². The summed E-state index contributed by atoms with van der Waals surface area (Å²) in [6.45, 7) is 5.88. The lowest BCUT2D eigenvalue weighted by Crippen LogP contribution is -2.29. The standard InChI is InChI=1S/C11H16ClNO/c1-7-9(11(2,3)13)5-8(12)6-10(7)14-4/h5-6H,13H2,1-4H3. The van der Waals surface area contributed by atoms with Gasteiger partial charge in [-0.25, -0.2) is 0 Å². The largest absolute Gasteiger partial charge is 0.496 e. The number of ether oxygens (including phenoxy) is 1. The SMILES string of the molecule is COc1cc(Cl)cc(C(C)(C)N)c1C. The van der Waals surface area contributed by atoms with Gasteiger partial charge in [-0.1, -0.05) is 11.6 Å². The van der Waals surface area contributed by atoms with Gasteiger partial charge in [0.05, 0.1) is 7.11 Å². The first-order valence-corrected chi connectivity index (χ1v) is 4.87. The van der Waals surface area contributed by atoms with Gasteiger partial charge in [-0.3, -0.25) is 0 Å². The number of methoxy groups -OCH3 is 1. The van der Waals surface area contributed by atoms with Crippen LogP contribution >= 0.6 is 11.6 Å². The molecule has 0 amide bonds. The number of benzene rings is 1. The van der Waals surface area contributed by atoms with Gasteiger partial charge in [-0.2, -0.15) is 0 Å². The summed E-state index contributed by atoms with van der Waals surface area (Å²) in [6, 6.07) is 3.69. The van der Waals surface area contributed by atoms with E-state index in [1.165, 1.54) is 0 Å². The molecule has 0 atom stereocenters. The summed E-state index contributed by atoms with van der Waals surface area (Å²) in [6.07, 6.45) is 0. The molecular weight excluding hydrogens is 198 g/mol. The molecule has 3 heteroatoms. The molecule has 0 fully saturated rings. The molecule has 1 aromatic rings. The number of hydrogen-bond donors (Lipinski definition) is 1. The summed E-state index contributed by atoms with van der Waals surface area (Å²) in [5.41, 5.74) is 7.70. The molecule has 1 aromatic carbocycles. The Labute approximate surface area is 90.0 Å². The van der Waals surface area contributed by atoms with Crippen LogP contribution in [0.2, 0.25) is 5.02 Å². The van der Waals surface area contributed by atoms with Gasteiger partial charge >= 0.3 is 0 Å². The van der Waals surface area contributed by atoms with E-state index in [2.05, 4.69) is 0 Å². The maximum absolute atomic E-state index is 6.04. The molecule has 0 saturated heterocycles. The topological polar surface area (TPSA) is 35.2 Å². The second kappa shape index (κ2) is 3.79. The van der Waals surface area contributed by atoms with E-state index in [0.29, 0.717) is 5.02 Å². The molecule has 0 saturated carbocycles. The van der Waals surface area contributed by atoms with E-state index in [0.717, 1.165) is 16.9 Å². The Morgan fingerprint density at radius 2 is 1.93 bits per heavy atom. The second-order valence-electron chi connectivity index (χ2n) is 4.00. The molecule has 0 aliphatic heterocycles. The van der Waals surface area contributed by atoms with Crippen molar-refractivity contribution in [3.05, 3.63) is 28.3 Å². The lowest BCUT2D eigenvalue weighted by atomic mass is 9.91. The predicted octanol–water partition coefficient (Wildman–Crippen LogP) is 2.85. The van der Waals surface area contributed by atoms with Crippen LogP contribution in [0.25, 0.3) is 0 Å². The van der Waals surface area contributed by atoms with Crippen LogP contribution in [0.3, 0.4) is 0 Å². The molecule has 2 N–H and O–H groups in total. The number of hydrogen-bond acceptors (Lipinski definition) is 2. The Hall–Kier alpha value is -0.730. The van der Waals surface area contributed by atoms with E-state index < -0.39 is 5.54 Å². The normalized spacial score (nSPS) is 11.6. The molecule has 0 unspecified atom stereocenters. The van der Waals surface area contributed by atoms with E-state index in [9.17, 15) is 0 Å². The fraction of sp³-hybridized carbons (Fsp3) is 0.455. The molecule has 2 nitrogen and oxygen atoms in total. The van der Waals surface area contributed by atoms with Gasteiger partial charge in [-0.15, -0.1) is 0 Å². The van der Waals surface area contributed by atoms with Crippen molar-refractivity contribution < 1.29 is 4.74 Å². The zero-order chi connectivity index (χ0) is 10.9. The van der Waals surface area contributed by atoms with Gasteiger partial charge < -0.3 is 10.5 Å². The fourth-order valence-corrected chi connectivity index (χ4v) is 1.74. The predicted molar refractivity (Wildman–Crippen MR) is 60.0 cm³/mol. The summed E-state index contributed by atoms with van der Waals surface area (Å²) >= 11 is 5.97. The van der Waals surface area contributed by atoms with Crippen LogP contribution in [-0.2, 0) is 5.54 Å². The third kappa shape index (κ3) is 2.20. The highest BCUT2D eigenvalue weighted by Crippen LogP contribution is 2.31. The Morgan fingerprint density at radius 3 is 2.36 bits per heavy atom. The van der Waals surface area contributed by atoms with Gasteiger partial charge in [0.1, 0.15) is 5.75 Å². The van der Waals surface area contributed by atoms with Crippen molar-refractivity contribution in [1.82, 2.24) is 0 Å². The van der Waals surface area contributed by atoms with Crippen LogP contribution in [0.5, 0.6) is 5.75 Å². The molecule has 0 spiro atoms. The summed E-state index contributed by atoms with van der Waals surface area (Å²) < 4.78 is 5.22. The summed E-state index contributed by atoms with van der Waals surface area (Å²) in [5, 5.41) is 0.654. The molecule has 0 bridgehead atoms. The molecule has 1 rings (SSSR count). The molecular formula is C11H16ClNO. The van der Waals surface area contributed by atoms with Gasteiger partial charge in [0.2, 0.25) is 0 Å². The van der Waals surface area contributed by atoms with Crippen LogP contribution in [-0.4, -0.2) is 7.11 Å². The van der Waals surface area contributed by atoms with E-state index >= 15 is 0 Å². The third-order valence-corrected chi connectivity index (χ3v) is 2.46. The fourth-order valence-electron chi connectivity index (χ4n) is 1.54. The third-order valence-electron chi connectivity index (χ3n) is 2.24. The minimum Gasteiger partial charge on any atom is -0.496 e. The maximum atomic E-state index is 6.04. The zero-order valence-corrected chi connectivity index (χ0v) is 9.77. The monoisotopic (exact) mass is 213 g/mol. The second-order valence-corrected chi connectivity index (χ2v) is 4.44. The van der Waals surface area contributed by atoms with Crippen molar-refractivity contribution in [1.29, 1.82) is 0 Å².